The molecule has 0 aromatic heterocycles. The van der Waals surface area contributed by atoms with Crippen LogP contribution in [0.3, 0.4) is 0 Å². The molecule has 20 heavy (non-hydrogen) atoms. The molecule has 0 aliphatic carbocycles. The summed E-state index contributed by atoms with van der Waals surface area (Å²) in [7, 11) is 3.84. The van der Waals surface area contributed by atoms with Gasteiger partial charge in [-0.2, -0.15) is 0 Å². The van der Waals surface area contributed by atoms with Gasteiger partial charge < -0.3 is 15.2 Å². The second-order valence-corrected chi connectivity index (χ2v) is 5.00. The summed E-state index contributed by atoms with van der Waals surface area (Å²) in [6, 6.07) is 8.50. The number of hydrogen-bond acceptors (Lipinski definition) is 4. The van der Waals surface area contributed by atoms with Crippen molar-refractivity contribution in [1.82, 2.24) is 4.90 Å². The molecule has 114 valence electrons. The number of methoxy groups -OCH3 is 1. The van der Waals surface area contributed by atoms with Crippen LogP contribution < -0.4 is 10.5 Å². The first-order chi connectivity index (χ1) is 9.72. The molecule has 0 radical (unpaired) electrons. The lowest BCUT2D eigenvalue weighted by Gasteiger charge is -2.27. The molecule has 1 aromatic rings. The number of rotatable bonds is 10. The van der Waals surface area contributed by atoms with Crippen molar-refractivity contribution in [1.29, 1.82) is 0 Å². The van der Waals surface area contributed by atoms with Crippen LogP contribution in [0.5, 0.6) is 5.75 Å². The highest BCUT2D eigenvalue weighted by molar-refractivity contribution is 5.29. The minimum absolute atomic E-state index is 0.243. The predicted octanol–water partition coefficient (Wildman–Crippen LogP) is 2.44. The van der Waals surface area contributed by atoms with E-state index < -0.39 is 0 Å². The van der Waals surface area contributed by atoms with Crippen molar-refractivity contribution in [2.45, 2.75) is 25.8 Å². The zero-order valence-corrected chi connectivity index (χ0v) is 13.0. The lowest BCUT2D eigenvalue weighted by atomic mass is 10.1. The normalized spacial score (nSPS) is 12.7. The van der Waals surface area contributed by atoms with Crippen molar-refractivity contribution in [2.75, 3.05) is 40.5 Å². The number of likely N-dealkylation sites (N-methyl/N-ethyl adjacent to an activating group) is 1. The maximum Gasteiger partial charge on any atom is 0.119 e. The third kappa shape index (κ3) is 5.49. The second kappa shape index (κ2) is 9.75. The van der Waals surface area contributed by atoms with E-state index in [9.17, 15) is 0 Å². The minimum atomic E-state index is 0.243. The van der Waals surface area contributed by atoms with E-state index in [2.05, 4.69) is 31.0 Å². The largest absolute Gasteiger partial charge is 0.494 e. The Hall–Kier alpha value is -1.10. The molecular formula is C16H28N2O2. The van der Waals surface area contributed by atoms with E-state index in [4.69, 9.17) is 15.2 Å². The van der Waals surface area contributed by atoms with Gasteiger partial charge in [-0.05, 0) is 37.6 Å². The van der Waals surface area contributed by atoms with E-state index in [0.717, 1.165) is 38.3 Å². The predicted molar refractivity (Wildman–Crippen MR) is 83.1 cm³/mol. The second-order valence-electron chi connectivity index (χ2n) is 5.00. The summed E-state index contributed by atoms with van der Waals surface area (Å²) in [5.74, 6) is 0.924. The van der Waals surface area contributed by atoms with Crippen LogP contribution in [0.2, 0.25) is 0 Å². The summed E-state index contributed by atoms with van der Waals surface area (Å²) < 4.78 is 10.7. The van der Waals surface area contributed by atoms with Crippen LogP contribution in [0.25, 0.3) is 0 Å². The topological polar surface area (TPSA) is 47.7 Å². The highest BCUT2D eigenvalue weighted by atomic mass is 16.5. The maximum atomic E-state index is 5.92. The van der Waals surface area contributed by atoms with Gasteiger partial charge in [-0.1, -0.05) is 19.1 Å². The SMILES string of the molecule is CCCOc1ccc(C(CN)N(C)CCCOC)cc1. The summed E-state index contributed by atoms with van der Waals surface area (Å²) in [6.45, 7) is 5.23. The van der Waals surface area contributed by atoms with Gasteiger partial charge in [0.2, 0.25) is 0 Å². The molecule has 4 heteroatoms. The van der Waals surface area contributed by atoms with Crippen LogP contribution in [0.1, 0.15) is 31.4 Å². The first kappa shape index (κ1) is 17.0. The average molecular weight is 280 g/mol. The van der Waals surface area contributed by atoms with Crippen LogP contribution in [0, 0.1) is 0 Å². The molecular weight excluding hydrogens is 252 g/mol. The van der Waals surface area contributed by atoms with E-state index in [-0.39, 0.29) is 6.04 Å². The summed E-state index contributed by atoms with van der Waals surface area (Å²) in [5, 5.41) is 0. The molecule has 0 fully saturated rings. The number of ether oxygens (including phenoxy) is 2. The molecule has 0 bridgehead atoms. The van der Waals surface area contributed by atoms with E-state index in [1.54, 1.807) is 7.11 Å². The van der Waals surface area contributed by atoms with E-state index in [1.807, 2.05) is 12.1 Å². The van der Waals surface area contributed by atoms with E-state index in [0.29, 0.717) is 6.54 Å². The van der Waals surface area contributed by atoms with Gasteiger partial charge >= 0.3 is 0 Å². The van der Waals surface area contributed by atoms with E-state index in [1.165, 1.54) is 5.56 Å². The fraction of sp³-hybridized carbons (Fsp3) is 0.625. The van der Waals surface area contributed by atoms with Gasteiger partial charge in [0, 0.05) is 32.8 Å². The Labute approximate surface area is 122 Å². The number of nitrogens with two attached hydrogens (primary N) is 1. The number of benzene rings is 1. The monoisotopic (exact) mass is 280 g/mol. The molecule has 2 N–H and O–H groups in total. The maximum absolute atomic E-state index is 5.92. The highest BCUT2D eigenvalue weighted by Crippen LogP contribution is 2.21. The highest BCUT2D eigenvalue weighted by Gasteiger charge is 2.15. The summed E-state index contributed by atoms with van der Waals surface area (Å²) in [4.78, 5) is 2.28. The van der Waals surface area contributed by atoms with Crippen LogP contribution in [-0.4, -0.2) is 45.4 Å². The van der Waals surface area contributed by atoms with Crippen molar-refractivity contribution in [3.05, 3.63) is 29.8 Å². The molecule has 1 aromatic carbocycles. The van der Waals surface area contributed by atoms with Gasteiger partial charge in [-0.15, -0.1) is 0 Å². The Kier molecular flexibility index (Phi) is 8.26. The third-order valence-electron chi connectivity index (χ3n) is 3.35. The zero-order valence-electron chi connectivity index (χ0n) is 13.0. The Morgan fingerprint density at radius 1 is 1.20 bits per heavy atom. The molecule has 0 aliphatic heterocycles. The van der Waals surface area contributed by atoms with Crippen molar-refractivity contribution in [2.24, 2.45) is 5.73 Å². The Balaban J connectivity index is 2.59. The van der Waals surface area contributed by atoms with Crippen molar-refractivity contribution < 1.29 is 9.47 Å². The summed E-state index contributed by atoms with van der Waals surface area (Å²) >= 11 is 0. The number of nitrogens with zero attached hydrogens (tertiary/aromatic N) is 1. The summed E-state index contributed by atoms with van der Waals surface area (Å²) in [6.07, 6.45) is 2.04. The minimum Gasteiger partial charge on any atom is -0.494 e. The van der Waals surface area contributed by atoms with Crippen LogP contribution in [0.15, 0.2) is 24.3 Å². The fourth-order valence-corrected chi connectivity index (χ4v) is 2.19. The average Bonchev–Trinajstić information content (AvgIpc) is 2.47. The molecule has 0 amide bonds. The lowest BCUT2D eigenvalue weighted by Crippen LogP contribution is -2.31. The molecule has 4 nitrogen and oxygen atoms in total. The van der Waals surface area contributed by atoms with Gasteiger partial charge in [0.1, 0.15) is 5.75 Å². The smallest absolute Gasteiger partial charge is 0.119 e. The fourth-order valence-electron chi connectivity index (χ4n) is 2.19. The van der Waals surface area contributed by atoms with Gasteiger partial charge in [-0.3, -0.25) is 4.90 Å². The van der Waals surface area contributed by atoms with Crippen LogP contribution in [0.4, 0.5) is 0 Å². The molecule has 1 atom stereocenters. The first-order valence-electron chi connectivity index (χ1n) is 7.35. The van der Waals surface area contributed by atoms with Gasteiger partial charge in [-0.25, -0.2) is 0 Å². The summed E-state index contributed by atoms with van der Waals surface area (Å²) in [5.41, 5.74) is 7.16. The van der Waals surface area contributed by atoms with Gasteiger partial charge in [0.25, 0.3) is 0 Å². The third-order valence-corrected chi connectivity index (χ3v) is 3.35. The molecule has 0 aliphatic rings. The first-order valence-corrected chi connectivity index (χ1v) is 7.35. The molecule has 0 saturated heterocycles. The Morgan fingerprint density at radius 2 is 1.90 bits per heavy atom. The molecule has 0 saturated carbocycles. The van der Waals surface area contributed by atoms with E-state index >= 15 is 0 Å². The van der Waals surface area contributed by atoms with Crippen molar-refractivity contribution in [3.8, 4) is 5.75 Å². The van der Waals surface area contributed by atoms with Crippen molar-refractivity contribution >= 4 is 0 Å². The Morgan fingerprint density at radius 3 is 2.45 bits per heavy atom. The zero-order chi connectivity index (χ0) is 14.8. The molecule has 1 rings (SSSR count). The molecule has 0 heterocycles. The van der Waals surface area contributed by atoms with Crippen molar-refractivity contribution in [3.63, 3.8) is 0 Å². The standard InChI is InChI=1S/C16H28N2O2/c1-4-11-20-15-8-6-14(7-9-15)16(13-17)18(2)10-5-12-19-3/h6-9,16H,4-5,10-13,17H2,1-3H3. The van der Waals surface area contributed by atoms with Crippen LogP contribution in [-0.2, 0) is 4.74 Å². The quantitative estimate of drug-likeness (QED) is 0.669. The van der Waals surface area contributed by atoms with Crippen LogP contribution >= 0.6 is 0 Å². The number of hydrogen-bond donors (Lipinski definition) is 1. The molecule has 0 spiro atoms. The van der Waals surface area contributed by atoms with Gasteiger partial charge in [0.15, 0.2) is 0 Å². The Bertz CT molecular complexity index is 354. The lowest BCUT2D eigenvalue weighted by molar-refractivity contribution is 0.166. The van der Waals surface area contributed by atoms with Gasteiger partial charge in [0.05, 0.1) is 6.61 Å². The molecule has 1 unspecified atom stereocenters.